The molecule has 0 aromatic carbocycles. The van der Waals surface area contributed by atoms with E-state index in [1.54, 1.807) is 17.8 Å². The molecule has 8 heteroatoms. The molecule has 0 aliphatic carbocycles. The van der Waals surface area contributed by atoms with Crippen LogP contribution in [0.25, 0.3) is 0 Å². The van der Waals surface area contributed by atoms with Crippen molar-refractivity contribution in [1.82, 2.24) is 25.3 Å². The first kappa shape index (κ1) is 24.2. The van der Waals surface area contributed by atoms with E-state index >= 15 is 0 Å². The fourth-order valence-electron chi connectivity index (χ4n) is 3.16. The number of aliphatic imine (C=N–C) groups is 1. The van der Waals surface area contributed by atoms with Crippen LogP contribution in [0, 0.1) is 5.92 Å². The Labute approximate surface area is 181 Å². The number of nitrogens with one attached hydrogen (secondary N) is 2. The SMILES string of the molecule is CCNC(=NCC(C)(O)c1cnn(C)c1)NCCCN1CCC(C)CC1.I. The fraction of sp³-hybridized carbons (Fsp3) is 0.789. The molecule has 3 N–H and O–H groups in total. The van der Waals surface area contributed by atoms with Crippen molar-refractivity contribution in [2.45, 2.75) is 45.6 Å². The lowest BCUT2D eigenvalue weighted by Gasteiger charge is -2.30. The minimum atomic E-state index is -1.03. The number of aliphatic hydroxyl groups is 1. The second-order valence-electron chi connectivity index (χ2n) is 7.68. The second kappa shape index (κ2) is 11.9. The molecule has 27 heavy (non-hydrogen) atoms. The second-order valence-corrected chi connectivity index (χ2v) is 7.68. The molecule has 1 aliphatic rings. The molecule has 1 unspecified atom stereocenters. The zero-order chi connectivity index (χ0) is 19.0. The van der Waals surface area contributed by atoms with Crippen molar-refractivity contribution >= 4 is 29.9 Å². The van der Waals surface area contributed by atoms with E-state index in [1.165, 1.54) is 25.9 Å². The Morgan fingerprint density at radius 1 is 1.37 bits per heavy atom. The number of likely N-dealkylation sites (tertiary alicyclic amines) is 1. The standard InChI is InChI=1S/C19H36N6O.HI/c1-5-20-18(21-9-6-10-25-11-7-16(2)8-12-25)22-15-19(3,26)17-13-23-24(4)14-17;/h13-14,16,26H,5-12,15H2,1-4H3,(H2,20,21,22);1H. The number of guanidine groups is 1. The van der Waals surface area contributed by atoms with Crippen LogP contribution in [0.4, 0.5) is 0 Å². The summed E-state index contributed by atoms with van der Waals surface area (Å²) in [5.41, 5.74) is -0.250. The monoisotopic (exact) mass is 492 g/mol. The van der Waals surface area contributed by atoms with Crippen molar-refractivity contribution in [1.29, 1.82) is 0 Å². The first-order valence-electron chi connectivity index (χ1n) is 9.86. The molecule has 0 saturated carbocycles. The van der Waals surface area contributed by atoms with E-state index < -0.39 is 5.60 Å². The van der Waals surface area contributed by atoms with Crippen LogP contribution in [0.5, 0.6) is 0 Å². The third kappa shape index (κ3) is 8.35. The lowest BCUT2D eigenvalue weighted by molar-refractivity contribution is 0.0672. The average Bonchev–Trinajstić information content (AvgIpc) is 3.05. The fourth-order valence-corrected chi connectivity index (χ4v) is 3.16. The third-order valence-corrected chi connectivity index (χ3v) is 5.04. The Morgan fingerprint density at radius 3 is 2.67 bits per heavy atom. The molecule has 0 spiro atoms. The van der Waals surface area contributed by atoms with Crippen molar-refractivity contribution in [3.05, 3.63) is 18.0 Å². The number of hydrogen-bond donors (Lipinski definition) is 3. The van der Waals surface area contributed by atoms with Crippen LogP contribution >= 0.6 is 24.0 Å². The van der Waals surface area contributed by atoms with Gasteiger partial charge in [-0.3, -0.25) is 4.68 Å². The third-order valence-electron chi connectivity index (χ3n) is 5.04. The van der Waals surface area contributed by atoms with Crippen LogP contribution in [-0.2, 0) is 12.6 Å². The van der Waals surface area contributed by atoms with Gasteiger partial charge in [0.25, 0.3) is 0 Å². The van der Waals surface area contributed by atoms with Crippen LogP contribution in [0.15, 0.2) is 17.4 Å². The summed E-state index contributed by atoms with van der Waals surface area (Å²) >= 11 is 0. The minimum absolute atomic E-state index is 0. The molecule has 1 aromatic rings. The van der Waals surface area contributed by atoms with E-state index in [0.29, 0.717) is 0 Å². The largest absolute Gasteiger partial charge is 0.383 e. The number of aromatic nitrogens is 2. The first-order chi connectivity index (χ1) is 12.4. The molecule has 1 aromatic heterocycles. The zero-order valence-electron chi connectivity index (χ0n) is 17.2. The smallest absolute Gasteiger partial charge is 0.191 e. The Kier molecular flexibility index (Phi) is 10.6. The summed E-state index contributed by atoms with van der Waals surface area (Å²) in [5.74, 6) is 1.63. The summed E-state index contributed by atoms with van der Waals surface area (Å²) in [7, 11) is 1.84. The van der Waals surface area contributed by atoms with Gasteiger partial charge in [-0.2, -0.15) is 5.10 Å². The van der Waals surface area contributed by atoms with Gasteiger partial charge in [0.05, 0.1) is 12.7 Å². The number of aryl methyl sites for hydroxylation is 1. The number of rotatable bonds is 8. The van der Waals surface area contributed by atoms with Gasteiger partial charge in [-0.05, 0) is 58.7 Å². The van der Waals surface area contributed by atoms with Gasteiger partial charge < -0.3 is 20.6 Å². The Hall–Kier alpha value is -0.870. The predicted molar refractivity (Wildman–Crippen MR) is 122 cm³/mol. The quantitative estimate of drug-likeness (QED) is 0.224. The molecule has 2 rings (SSSR count). The van der Waals surface area contributed by atoms with E-state index in [9.17, 15) is 5.11 Å². The van der Waals surface area contributed by atoms with Crippen LogP contribution in [0.3, 0.4) is 0 Å². The molecule has 1 aliphatic heterocycles. The molecular formula is C19H37IN6O. The zero-order valence-corrected chi connectivity index (χ0v) is 19.6. The van der Waals surface area contributed by atoms with Gasteiger partial charge in [0.2, 0.25) is 0 Å². The molecule has 156 valence electrons. The van der Waals surface area contributed by atoms with Crippen LogP contribution in [0.2, 0.25) is 0 Å². The van der Waals surface area contributed by atoms with Crippen molar-refractivity contribution in [2.24, 2.45) is 18.0 Å². The number of halogens is 1. The average molecular weight is 492 g/mol. The van der Waals surface area contributed by atoms with E-state index in [1.807, 2.05) is 20.2 Å². The summed E-state index contributed by atoms with van der Waals surface area (Å²) in [6, 6.07) is 0. The maximum absolute atomic E-state index is 10.7. The maximum atomic E-state index is 10.7. The van der Waals surface area contributed by atoms with Gasteiger partial charge in [0.15, 0.2) is 5.96 Å². The van der Waals surface area contributed by atoms with Gasteiger partial charge in [-0.25, -0.2) is 4.99 Å². The van der Waals surface area contributed by atoms with Gasteiger partial charge in [-0.15, -0.1) is 24.0 Å². The molecule has 2 heterocycles. The molecular weight excluding hydrogens is 455 g/mol. The lowest BCUT2D eigenvalue weighted by atomic mass is 9.99. The van der Waals surface area contributed by atoms with Gasteiger partial charge in [-0.1, -0.05) is 6.92 Å². The molecule has 1 fully saturated rings. The van der Waals surface area contributed by atoms with Crippen molar-refractivity contribution in [2.75, 3.05) is 39.3 Å². The highest BCUT2D eigenvalue weighted by atomic mass is 127. The van der Waals surface area contributed by atoms with Crippen molar-refractivity contribution in [3.63, 3.8) is 0 Å². The van der Waals surface area contributed by atoms with E-state index in [2.05, 4.69) is 32.5 Å². The molecule has 1 saturated heterocycles. The molecule has 0 amide bonds. The first-order valence-corrected chi connectivity index (χ1v) is 9.86. The Morgan fingerprint density at radius 2 is 2.07 bits per heavy atom. The molecule has 0 bridgehead atoms. The summed E-state index contributed by atoms with van der Waals surface area (Å²) < 4.78 is 1.69. The summed E-state index contributed by atoms with van der Waals surface area (Å²) in [6.45, 7) is 11.7. The predicted octanol–water partition coefficient (Wildman–Crippen LogP) is 1.92. The minimum Gasteiger partial charge on any atom is -0.383 e. The van der Waals surface area contributed by atoms with Gasteiger partial charge >= 0.3 is 0 Å². The summed E-state index contributed by atoms with van der Waals surface area (Å²) in [6.07, 6.45) is 7.25. The van der Waals surface area contributed by atoms with Gasteiger partial charge in [0, 0.05) is 31.9 Å². The summed E-state index contributed by atoms with van der Waals surface area (Å²) in [4.78, 5) is 7.11. The van der Waals surface area contributed by atoms with E-state index in [0.717, 1.165) is 43.5 Å². The normalized spacial score (nSPS) is 18.6. The van der Waals surface area contributed by atoms with E-state index in [-0.39, 0.29) is 30.5 Å². The number of piperidine rings is 1. The Balaban J connectivity index is 0.00000364. The van der Waals surface area contributed by atoms with Gasteiger partial charge in [0.1, 0.15) is 5.60 Å². The topological polar surface area (TPSA) is 77.7 Å². The highest BCUT2D eigenvalue weighted by Gasteiger charge is 2.24. The Bertz CT molecular complexity index is 566. The van der Waals surface area contributed by atoms with Crippen LogP contribution in [-0.4, -0.2) is 65.0 Å². The highest BCUT2D eigenvalue weighted by molar-refractivity contribution is 14.0. The molecule has 0 radical (unpaired) electrons. The molecule has 7 nitrogen and oxygen atoms in total. The van der Waals surface area contributed by atoms with E-state index in [4.69, 9.17) is 0 Å². The number of nitrogens with zero attached hydrogens (tertiary/aromatic N) is 4. The lowest BCUT2D eigenvalue weighted by Crippen LogP contribution is -2.40. The maximum Gasteiger partial charge on any atom is 0.191 e. The highest BCUT2D eigenvalue weighted by Crippen LogP contribution is 2.19. The summed E-state index contributed by atoms with van der Waals surface area (Å²) in [5, 5.41) is 21.4. The van der Waals surface area contributed by atoms with Crippen molar-refractivity contribution in [3.8, 4) is 0 Å². The van der Waals surface area contributed by atoms with Crippen LogP contribution < -0.4 is 10.6 Å². The molecule has 1 atom stereocenters. The van der Waals surface area contributed by atoms with Crippen LogP contribution in [0.1, 0.15) is 45.6 Å². The van der Waals surface area contributed by atoms with Crippen molar-refractivity contribution < 1.29 is 5.11 Å². The number of hydrogen-bond acceptors (Lipinski definition) is 4.